The van der Waals surface area contributed by atoms with Crippen LogP contribution in [-0.4, -0.2) is 43.1 Å². The van der Waals surface area contributed by atoms with Gasteiger partial charge in [0.05, 0.1) is 11.4 Å². The highest BCUT2D eigenvalue weighted by molar-refractivity contribution is 7.89. The van der Waals surface area contributed by atoms with Gasteiger partial charge in [0.1, 0.15) is 4.90 Å². The van der Waals surface area contributed by atoms with Gasteiger partial charge in [-0.25, -0.2) is 8.42 Å². The summed E-state index contributed by atoms with van der Waals surface area (Å²) in [6.07, 6.45) is 0.797. The second-order valence-electron chi connectivity index (χ2n) is 4.15. The van der Waals surface area contributed by atoms with E-state index in [2.05, 4.69) is 15.5 Å². The van der Waals surface area contributed by atoms with Gasteiger partial charge in [-0.3, -0.25) is 5.10 Å². The highest BCUT2D eigenvalue weighted by Gasteiger charge is 2.29. The van der Waals surface area contributed by atoms with E-state index in [-0.39, 0.29) is 0 Å². The van der Waals surface area contributed by atoms with E-state index in [9.17, 15) is 8.42 Å². The number of nitrogens with one attached hydrogen (secondary N) is 2. The number of aromatic nitrogens is 2. The smallest absolute Gasteiger partial charge is 0.246 e. The van der Waals surface area contributed by atoms with Crippen molar-refractivity contribution >= 4 is 10.0 Å². The zero-order chi connectivity index (χ0) is 13.8. The largest absolute Gasteiger partial charge is 0.314 e. The highest BCUT2D eigenvalue weighted by atomic mass is 32.2. The second-order valence-corrected chi connectivity index (χ2v) is 6.03. The number of rotatable bonds is 7. The van der Waals surface area contributed by atoms with Crippen molar-refractivity contribution in [3.05, 3.63) is 11.4 Å². The molecule has 18 heavy (non-hydrogen) atoms. The molecule has 0 aliphatic heterocycles. The van der Waals surface area contributed by atoms with Crippen LogP contribution in [0.4, 0.5) is 0 Å². The average molecular weight is 274 g/mol. The summed E-state index contributed by atoms with van der Waals surface area (Å²) < 4.78 is 26.6. The minimum absolute atomic E-state index is 0.312. The maximum atomic E-state index is 12.6. The van der Waals surface area contributed by atoms with Crippen molar-refractivity contribution in [2.75, 3.05) is 20.1 Å². The first-order valence-corrected chi connectivity index (χ1v) is 7.61. The molecule has 1 aromatic heterocycles. The quantitative estimate of drug-likeness (QED) is 0.773. The van der Waals surface area contributed by atoms with E-state index >= 15 is 0 Å². The van der Waals surface area contributed by atoms with Crippen molar-refractivity contribution in [3.8, 4) is 0 Å². The summed E-state index contributed by atoms with van der Waals surface area (Å²) in [5.41, 5.74) is 1.14. The van der Waals surface area contributed by atoms with Crippen molar-refractivity contribution in [3.63, 3.8) is 0 Å². The van der Waals surface area contributed by atoms with Gasteiger partial charge < -0.3 is 5.32 Å². The molecule has 0 aliphatic rings. The molecular weight excluding hydrogens is 252 g/mol. The van der Waals surface area contributed by atoms with Crippen LogP contribution in [0.2, 0.25) is 0 Å². The van der Waals surface area contributed by atoms with E-state index in [0.29, 0.717) is 35.9 Å². The van der Waals surface area contributed by atoms with E-state index in [4.69, 9.17) is 0 Å². The Bertz CT molecular complexity index is 481. The van der Waals surface area contributed by atoms with E-state index in [0.717, 1.165) is 6.42 Å². The lowest BCUT2D eigenvalue weighted by molar-refractivity contribution is 0.426. The number of hydrogen-bond acceptors (Lipinski definition) is 4. The van der Waals surface area contributed by atoms with E-state index in [1.165, 1.54) is 4.31 Å². The molecule has 0 fully saturated rings. The summed E-state index contributed by atoms with van der Waals surface area (Å²) >= 11 is 0. The lowest BCUT2D eigenvalue weighted by Crippen LogP contribution is -2.32. The minimum Gasteiger partial charge on any atom is -0.314 e. The molecule has 1 rings (SSSR count). The molecule has 104 valence electrons. The Hall–Kier alpha value is -0.920. The first kappa shape index (κ1) is 15.1. The standard InChI is InChI=1S/C11H22N4O2S/c1-5-7-15(6-2)18(16,17)11-9(3)13-14-10(11)8-12-4/h12H,5-8H2,1-4H3,(H,13,14). The van der Waals surface area contributed by atoms with Crippen LogP contribution in [0.25, 0.3) is 0 Å². The first-order valence-electron chi connectivity index (χ1n) is 6.17. The van der Waals surface area contributed by atoms with E-state index in [1.54, 1.807) is 14.0 Å². The Morgan fingerprint density at radius 1 is 1.39 bits per heavy atom. The molecule has 2 N–H and O–H groups in total. The number of hydrogen-bond donors (Lipinski definition) is 2. The molecule has 0 radical (unpaired) electrons. The van der Waals surface area contributed by atoms with Crippen molar-refractivity contribution < 1.29 is 8.42 Å². The van der Waals surface area contributed by atoms with Crippen molar-refractivity contribution in [1.29, 1.82) is 0 Å². The normalized spacial score (nSPS) is 12.3. The zero-order valence-corrected chi connectivity index (χ0v) is 12.3. The topological polar surface area (TPSA) is 78.1 Å². The van der Waals surface area contributed by atoms with Gasteiger partial charge in [0.15, 0.2) is 0 Å². The van der Waals surface area contributed by atoms with Crippen LogP contribution in [0.1, 0.15) is 31.7 Å². The fraction of sp³-hybridized carbons (Fsp3) is 0.727. The molecule has 0 saturated carbocycles. The first-order chi connectivity index (χ1) is 8.48. The Morgan fingerprint density at radius 2 is 2.06 bits per heavy atom. The summed E-state index contributed by atoms with van der Waals surface area (Å²) in [6, 6.07) is 0. The molecule has 0 unspecified atom stereocenters. The molecular formula is C11H22N4O2S. The molecule has 0 atom stereocenters. The molecule has 1 aromatic rings. The molecule has 0 aromatic carbocycles. The maximum Gasteiger partial charge on any atom is 0.246 e. The van der Waals surface area contributed by atoms with Gasteiger partial charge in [0.2, 0.25) is 10.0 Å². The van der Waals surface area contributed by atoms with E-state index < -0.39 is 10.0 Å². The lowest BCUT2D eigenvalue weighted by atomic mass is 10.4. The van der Waals surface area contributed by atoms with Crippen LogP contribution in [0, 0.1) is 6.92 Å². The van der Waals surface area contributed by atoms with Gasteiger partial charge in [-0.05, 0) is 20.4 Å². The number of nitrogens with zero attached hydrogens (tertiary/aromatic N) is 2. The van der Waals surface area contributed by atoms with Gasteiger partial charge in [-0.15, -0.1) is 0 Å². The SMILES string of the molecule is CCCN(CC)S(=O)(=O)c1c(CNC)n[nH]c1C. The maximum absolute atomic E-state index is 12.6. The number of aryl methyl sites for hydroxylation is 1. The molecule has 0 aliphatic carbocycles. The van der Waals surface area contributed by atoms with Gasteiger partial charge in [0.25, 0.3) is 0 Å². The summed E-state index contributed by atoms with van der Waals surface area (Å²) in [5.74, 6) is 0. The lowest BCUT2D eigenvalue weighted by Gasteiger charge is -2.20. The number of aromatic amines is 1. The van der Waals surface area contributed by atoms with Crippen LogP contribution in [-0.2, 0) is 16.6 Å². The molecule has 7 heteroatoms. The molecule has 0 amide bonds. The highest BCUT2D eigenvalue weighted by Crippen LogP contribution is 2.22. The van der Waals surface area contributed by atoms with E-state index in [1.807, 2.05) is 13.8 Å². The summed E-state index contributed by atoms with van der Waals surface area (Å²) in [4.78, 5) is 0.312. The van der Waals surface area contributed by atoms with Gasteiger partial charge in [-0.1, -0.05) is 13.8 Å². The van der Waals surface area contributed by atoms with Crippen molar-refractivity contribution in [2.45, 2.75) is 38.6 Å². The summed E-state index contributed by atoms with van der Waals surface area (Å²) in [6.45, 7) is 6.99. The third-order valence-electron chi connectivity index (χ3n) is 2.73. The van der Waals surface area contributed by atoms with Crippen LogP contribution in [0.15, 0.2) is 4.90 Å². The van der Waals surface area contributed by atoms with Gasteiger partial charge in [-0.2, -0.15) is 9.40 Å². The molecule has 6 nitrogen and oxygen atoms in total. The Balaban J connectivity index is 3.22. The Labute approximate surface area is 109 Å². The number of H-pyrrole nitrogens is 1. The summed E-state index contributed by atoms with van der Waals surface area (Å²) in [5, 5.41) is 9.74. The zero-order valence-electron chi connectivity index (χ0n) is 11.4. The van der Waals surface area contributed by atoms with Crippen molar-refractivity contribution in [2.24, 2.45) is 0 Å². The Kier molecular flexibility index (Phi) is 5.30. The number of sulfonamides is 1. The molecule has 0 bridgehead atoms. The molecule has 0 spiro atoms. The minimum atomic E-state index is -3.45. The second kappa shape index (κ2) is 6.31. The van der Waals surface area contributed by atoms with Crippen LogP contribution < -0.4 is 5.32 Å². The van der Waals surface area contributed by atoms with Gasteiger partial charge >= 0.3 is 0 Å². The predicted molar refractivity (Wildman–Crippen MR) is 70.8 cm³/mol. The summed E-state index contributed by atoms with van der Waals surface area (Å²) in [7, 11) is -1.69. The third kappa shape index (κ3) is 2.90. The molecule has 0 saturated heterocycles. The Morgan fingerprint density at radius 3 is 2.56 bits per heavy atom. The average Bonchev–Trinajstić information content (AvgIpc) is 2.68. The van der Waals surface area contributed by atoms with Crippen LogP contribution in [0.5, 0.6) is 0 Å². The fourth-order valence-corrected chi connectivity index (χ4v) is 3.79. The van der Waals surface area contributed by atoms with Crippen LogP contribution in [0.3, 0.4) is 0 Å². The fourth-order valence-electron chi connectivity index (χ4n) is 1.93. The van der Waals surface area contributed by atoms with Gasteiger partial charge in [0, 0.05) is 19.6 Å². The monoisotopic (exact) mass is 274 g/mol. The third-order valence-corrected chi connectivity index (χ3v) is 4.91. The predicted octanol–water partition coefficient (Wildman–Crippen LogP) is 0.858. The molecule has 1 heterocycles. The van der Waals surface area contributed by atoms with Crippen LogP contribution >= 0.6 is 0 Å². The van der Waals surface area contributed by atoms with Crippen molar-refractivity contribution in [1.82, 2.24) is 19.8 Å².